The number of ketones is 1. The van der Waals surface area contributed by atoms with Crippen molar-refractivity contribution in [3.05, 3.63) is 82.9 Å². The van der Waals surface area contributed by atoms with Crippen molar-refractivity contribution in [3.63, 3.8) is 0 Å². The zero-order chi connectivity index (χ0) is 15.4. The van der Waals surface area contributed by atoms with Crippen LogP contribution in [0.1, 0.15) is 11.1 Å². The van der Waals surface area contributed by atoms with Gasteiger partial charge in [-0.15, -0.1) is 0 Å². The Kier molecular flexibility index (Phi) is 4.31. The van der Waals surface area contributed by atoms with Crippen LogP contribution in [0, 0.1) is 0 Å². The summed E-state index contributed by atoms with van der Waals surface area (Å²) < 4.78 is 0. The Labute approximate surface area is 131 Å². The second-order valence-corrected chi connectivity index (χ2v) is 5.66. The molecule has 0 radical (unpaired) electrons. The molecule has 110 valence electrons. The molecular formula is C20H19NO. The molecule has 0 aliphatic carbocycles. The second-order valence-electron chi connectivity index (χ2n) is 5.66. The number of hydrogen-bond acceptors (Lipinski definition) is 2. The fraction of sp³-hybridized carbons (Fsp3) is 0.150. The molecule has 1 aliphatic rings. The summed E-state index contributed by atoms with van der Waals surface area (Å²) in [6.07, 6.45) is 3.99. The van der Waals surface area contributed by atoms with Gasteiger partial charge in [-0.05, 0) is 30.3 Å². The van der Waals surface area contributed by atoms with Crippen LogP contribution in [0.3, 0.4) is 0 Å². The minimum absolute atomic E-state index is 0.158. The van der Waals surface area contributed by atoms with Gasteiger partial charge in [-0.3, -0.25) is 9.69 Å². The first-order valence-electron chi connectivity index (χ1n) is 7.47. The average molecular weight is 289 g/mol. The Hall–Kier alpha value is -2.45. The SMILES string of the molecule is CN1C/C(=C/c2ccccc2)C(=O)/C(=C/c2ccccc2)C1. The number of Topliss-reactive ketones (excluding diaryl/α,β-unsaturated/α-hetero) is 1. The Morgan fingerprint density at radius 1 is 0.773 bits per heavy atom. The van der Waals surface area contributed by atoms with Crippen molar-refractivity contribution in [3.8, 4) is 0 Å². The Morgan fingerprint density at radius 3 is 1.59 bits per heavy atom. The molecule has 22 heavy (non-hydrogen) atoms. The van der Waals surface area contributed by atoms with E-state index in [9.17, 15) is 4.79 Å². The van der Waals surface area contributed by atoms with Gasteiger partial charge in [0, 0.05) is 24.2 Å². The zero-order valence-corrected chi connectivity index (χ0v) is 12.7. The highest BCUT2D eigenvalue weighted by Crippen LogP contribution is 2.21. The molecule has 1 fully saturated rings. The van der Waals surface area contributed by atoms with Gasteiger partial charge in [-0.2, -0.15) is 0 Å². The molecule has 1 heterocycles. The maximum Gasteiger partial charge on any atom is 0.187 e. The average Bonchev–Trinajstić information content (AvgIpc) is 2.54. The highest BCUT2D eigenvalue weighted by Gasteiger charge is 2.23. The van der Waals surface area contributed by atoms with E-state index < -0.39 is 0 Å². The molecular weight excluding hydrogens is 270 g/mol. The summed E-state index contributed by atoms with van der Waals surface area (Å²) in [5.74, 6) is 0.158. The molecule has 0 aromatic heterocycles. The number of carbonyl (C=O) groups excluding carboxylic acids is 1. The zero-order valence-electron chi connectivity index (χ0n) is 12.7. The molecule has 1 aliphatic heterocycles. The fourth-order valence-corrected chi connectivity index (χ4v) is 2.71. The maximum absolute atomic E-state index is 12.7. The van der Waals surface area contributed by atoms with Crippen LogP contribution in [0.15, 0.2) is 71.8 Å². The van der Waals surface area contributed by atoms with Crippen LogP contribution in [0.4, 0.5) is 0 Å². The summed E-state index contributed by atoms with van der Waals surface area (Å²) in [6, 6.07) is 20.0. The predicted molar refractivity (Wildman–Crippen MR) is 91.3 cm³/mol. The molecule has 2 aromatic carbocycles. The molecule has 0 N–H and O–H groups in total. The molecule has 2 aromatic rings. The van der Waals surface area contributed by atoms with Gasteiger partial charge in [-0.1, -0.05) is 60.7 Å². The maximum atomic E-state index is 12.7. The van der Waals surface area contributed by atoms with Gasteiger partial charge < -0.3 is 0 Å². The van der Waals surface area contributed by atoms with E-state index in [1.54, 1.807) is 0 Å². The third-order valence-electron chi connectivity index (χ3n) is 3.74. The quantitative estimate of drug-likeness (QED) is 0.786. The molecule has 0 spiro atoms. The number of benzene rings is 2. The van der Waals surface area contributed by atoms with Crippen LogP contribution in [-0.4, -0.2) is 30.8 Å². The van der Waals surface area contributed by atoms with E-state index in [0.717, 1.165) is 22.3 Å². The smallest absolute Gasteiger partial charge is 0.187 e. The summed E-state index contributed by atoms with van der Waals surface area (Å²) in [5, 5.41) is 0. The fourth-order valence-electron chi connectivity index (χ4n) is 2.71. The van der Waals surface area contributed by atoms with Crippen LogP contribution < -0.4 is 0 Å². The number of piperidine rings is 1. The second kappa shape index (κ2) is 6.54. The van der Waals surface area contributed by atoms with Gasteiger partial charge in [0.05, 0.1) is 0 Å². The highest BCUT2D eigenvalue weighted by molar-refractivity contribution is 6.14. The molecule has 2 nitrogen and oxygen atoms in total. The first kappa shape index (κ1) is 14.5. The van der Waals surface area contributed by atoms with E-state index in [-0.39, 0.29) is 5.78 Å². The third-order valence-corrected chi connectivity index (χ3v) is 3.74. The van der Waals surface area contributed by atoms with E-state index in [1.807, 2.05) is 79.9 Å². The molecule has 0 unspecified atom stereocenters. The molecule has 3 rings (SSSR count). The lowest BCUT2D eigenvalue weighted by Gasteiger charge is -2.26. The lowest BCUT2D eigenvalue weighted by Crippen LogP contribution is -2.34. The van der Waals surface area contributed by atoms with E-state index in [4.69, 9.17) is 0 Å². The molecule has 0 saturated carbocycles. The van der Waals surface area contributed by atoms with Gasteiger partial charge >= 0.3 is 0 Å². The minimum atomic E-state index is 0.158. The van der Waals surface area contributed by atoms with Gasteiger partial charge in [0.15, 0.2) is 5.78 Å². The van der Waals surface area contributed by atoms with Crippen molar-refractivity contribution >= 4 is 17.9 Å². The van der Waals surface area contributed by atoms with E-state index >= 15 is 0 Å². The van der Waals surface area contributed by atoms with E-state index in [1.165, 1.54) is 0 Å². The summed E-state index contributed by atoms with van der Waals surface area (Å²) in [4.78, 5) is 14.9. The van der Waals surface area contributed by atoms with Crippen LogP contribution in [0.25, 0.3) is 12.2 Å². The minimum Gasteiger partial charge on any atom is -0.298 e. The third kappa shape index (κ3) is 3.41. The summed E-state index contributed by atoms with van der Waals surface area (Å²) in [5.41, 5.74) is 3.84. The molecule has 0 amide bonds. The standard InChI is InChI=1S/C20H19NO/c1-21-14-18(12-16-8-4-2-5-9-16)20(22)19(15-21)13-17-10-6-3-7-11-17/h2-13H,14-15H2,1H3/b18-12-,19-13+. The molecule has 0 atom stereocenters. The first-order valence-corrected chi connectivity index (χ1v) is 7.47. The number of rotatable bonds is 2. The number of nitrogens with zero attached hydrogens (tertiary/aromatic N) is 1. The predicted octanol–water partition coefficient (Wildman–Crippen LogP) is 3.67. The van der Waals surface area contributed by atoms with Crippen molar-refractivity contribution in [2.24, 2.45) is 0 Å². The van der Waals surface area contributed by atoms with Crippen LogP contribution >= 0.6 is 0 Å². The van der Waals surface area contributed by atoms with Crippen molar-refractivity contribution in [2.45, 2.75) is 0 Å². The number of carbonyl (C=O) groups is 1. The number of likely N-dealkylation sites (tertiary alicyclic amines) is 1. The number of hydrogen-bond donors (Lipinski definition) is 0. The lowest BCUT2D eigenvalue weighted by molar-refractivity contribution is -0.113. The van der Waals surface area contributed by atoms with Gasteiger partial charge in [0.2, 0.25) is 0 Å². The highest BCUT2D eigenvalue weighted by atomic mass is 16.1. The van der Waals surface area contributed by atoms with Crippen molar-refractivity contribution in [1.82, 2.24) is 4.90 Å². The Morgan fingerprint density at radius 2 is 1.18 bits per heavy atom. The van der Waals surface area contributed by atoms with E-state index in [0.29, 0.717) is 13.1 Å². The summed E-state index contributed by atoms with van der Waals surface area (Å²) >= 11 is 0. The topological polar surface area (TPSA) is 20.3 Å². The monoisotopic (exact) mass is 289 g/mol. The largest absolute Gasteiger partial charge is 0.298 e. The van der Waals surface area contributed by atoms with Crippen molar-refractivity contribution in [1.29, 1.82) is 0 Å². The van der Waals surface area contributed by atoms with Crippen LogP contribution in [0.5, 0.6) is 0 Å². The molecule has 0 bridgehead atoms. The molecule has 2 heteroatoms. The van der Waals surface area contributed by atoms with Gasteiger partial charge in [0.25, 0.3) is 0 Å². The van der Waals surface area contributed by atoms with Gasteiger partial charge in [0.1, 0.15) is 0 Å². The molecule has 1 saturated heterocycles. The van der Waals surface area contributed by atoms with E-state index in [2.05, 4.69) is 4.90 Å². The Balaban J connectivity index is 1.92. The summed E-state index contributed by atoms with van der Waals surface area (Å²) in [6.45, 7) is 1.39. The van der Waals surface area contributed by atoms with Crippen LogP contribution in [0.2, 0.25) is 0 Å². The van der Waals surface area contributed by atoms with Crippen LogP contribution in [-0.2, 0) is 4.79 Å². The summed E-state index contributed by atoms with van der Waals surface area (Å²) in [7, 11) is 2.05. The van der Waals surface area contributed by atoms with Crippen molar-refractivity contribution in [2.75, 3.05) is 20.1 Å². The number of likely N-dealkylation sites (N-methyl/N-ethyl adjacent to an activating group) is 1. The Bertz CT molecular complexity index is 652. The van der Waals surface area contributed by atoms with Crippen molar-refractivity contribution < 1.29 is 4.79 Å². The lowest BCUT2D eigenvalue weighted by atomic mass is 9.94. The first-order chi connectivity index (χ1) is 10.7. The normalized spacial score (nSPS) is 19.8. The van der Waals surface area contributed by atoms with Gasteiger partial charge in [-0.25, -0.2) is 0 Å².